The first-order chi connectivity index (χ1) is 5.64. The van der Waals surface area contributed by atoms with Crippen molar-refractivity contribution in [1.29, 1.82) is 0 Å². The number of aliphatic imine (C=N–C) groups is 1. The van der Waals surface area contributed by atoms with Gasteiger partial charge in [0, 0.05) is 13.7 Å². The summed E-state index contributed by atoms with van der Waals surface area (Å²) in [4.78, 5) is 4.21. The first kappa shape index (κ1) is 11.4. The second-order valence-corrected chi connectivity index (χ2v) is 2.76. The van der Waals surface area contributed by atoms with Crippen LogP contribution in [0.1, 0.15) is 27.2 Å². The van der Waals surface area contributed by atoms with Crippen LogP contribution in [0.15, 0.2) is 4.99 Å². The molecule has 0 fully saturated rings. The molecule has 12 heavy (non-hydrogen) atoms. The number of nitrogens with two attached hydrogens (primary N) is 1. The first-order valence-electron chi connectivity index (χ1n) is 4.21. The molecule has 72 valence electrons. The van der Waals surface area contributed by atoms with E-state index in [1.54, 1.807) is 7.11 Å². The highest BCUT2D eigenvalue weighted by Gasteiger charge is 2.27. The van der Waals surface area contributed by atoms with Crippen molar-refractivity contribution in [3.63, 3.8) is 0 Å². The Balaban J connectivity index is 4.55. The molecule has 0 heterocycles. The van der Waals surface area contributed by atoms with Gasteiger partial charge in [-0.15, -0.1) is 0 Å². The highest BCUT2D eigenvalue weighted by molar-refractivity contribution is 5.89. The standard InChI is InChI=1S/C8H19N3O/c1-5-8(3,12-4)7(11-9)10-6-2/h5-6,9H2,1-4H3,(H,10,11). The summed E-state index contributed by atoms with van der Waals surface area (Å²) >= 11 is 0. The van der Waals surface area contributed by atoms with Gasteiger partial charge < -0.3 is 10.2 Å². The van der Waals surface area contributed by atoms with E-state index >= 15 is 0 Å². The van der Waals surface area contributed by atoms with E-state index in [4.69, 9.17) is 10.6 Å². The van der Waals surface area contributed by atoms with Gasteiger partial charge in [-0.2, -0.15) is 0 Å². The molecule has 0 aliphatic rings. The van der Waals surface area contributed by atoms with Gasteiger partial charge in [0.25, 0.3) is 0 Å². The summed E-state index contributed by atoms with van der Waals surface area (Å²) in [6.45, 7) is 6.66. The number of hydrazine groups is 1. The van der Waals surface area contributed by atoms with Gasteiger partial charge in [0.15, 0.2) is 0 Å². The molecule has 1 unspecified atom stereocenters. The largest absolute Gasteiger partial charge is 0.371 e. The van der Waals surface area contributed by atoms with E-state index < -0.39 is 0 Å². The Morgan fingerprint density at radius 2 is 2.17 bits per heavy atom. The number of nitrogens with zero attached hydrogens (tertiary/aromatic N) is 1. The highest BCUT2D eigenvalue weighted by atomic mass is 16.5. The molecule has 0 aliphatic carbocycles. The fourth-order valence-electron chi connectivity index (χ4n) is 0.932. The van der Waals surface area contributed by atoms with Crippen LogP contribution in [0.4, 0.5) is 0 Å². The van der Waals surface area contributed by atoms with Gasteiger partial charge in [0.05, 0.1) is 0 Å². The Hall–Kier alpha value is -0.610. The third kappa shape index (κ3) is 2.46. The summed E-state index contributed by atoms with van der Waals surface area (Å²) in [6, 6.07) is 0. The van der Waals surface area contributed by atoms with Gasteiger partial charge >= 0.3 is 0 Å². The number of nitrogens with one attached hydrogen (secondary N) is 1. The third-order valence-corrected chi connectivity index (χ3v) is 2.08. The van der Waals surface area contributed by atoms with Crippen molar-refractivity contribution in [2.75, 3.05) is 13.7 Å². The molecule has 1 atom stereocenters. The second-order valence-electron chi connectivity index (χ2n) is 2.76. The molecule has 4 heteroatoms. The molecule has 0 radical (unpaired) electrons. The molecule has 0 aliphatic heterocycles. The minimum atomic E-state index is -0.384. The average molecular weight is 173 g/mol. The predicted octanol–water partition coefficient (Wildman–Crippen LogP) is 0.683. The summed E-state index contributed by atoms with van der Waals surface area (Å²) in [5, 5.41) is 0. The Labute approximate surface area is 74.2 Å². The lowest BCUT2D eigenvalue weighted by atomic mass is 10.0. The van der Waals surface area contributed by atoms with Gasteiger partial charge in [-0.1, -0.05) is 6.92 Å². The van der Waals surface area contributed by atoms with E-state index in [1.807, 2.05) is 20.8 Å². The summed E-state index contributed by atoms with van der Waals surface area (Å²) in [5.74, 6) is 6.04. The van der Waals surface area contributed by atoms with E-state index in [1.165, 1.54) is 0 Å². The predicted molar refractivity (Wildman–Crippen MR) is 51.0 cm³/mol. The van der Waals surface area contributed by atoms with Crippen LogP contribution in [0, 0.1) is 0 Å². The quantitative estimate of drug-likeness (QED) is 0.284. The lowest BCUT2D eigenvalue weighted by Gasteiger charge is -2.27. The van der Waals surface area contributed by atoms with Crippen molar-refractivity contribution in [2.45, 2.75) is 32.8 Å². The maximum Gasteiger partial charge on any atom is 0.143 e. The monoisotopic (exact) mass is 173 g/mol. The number of ether oxygens (including phenoxy) is 1. The Bertz CT molecular complexity index is 152. The molecule has 0 saturated carbocycles. The van der Waals surface area contributed by atoms with Crippen LogP contribution in [0.25, 0.3) is 0 Å². The molecular weight excluding hydrogens is 154 g/mol. The molecule has 3 N–H and O–H groups in total. The van der Waals surface area contributed by atoms with Crippen LogP contribution < -0.4 is 11.3 Å². The number of amidine groups is 1. The zero-order valence-electron chi connectivity index (χ0n) is 8.35. The van der Waals surface area contributed by atoms with Gasteiger partial charge in [-0.05, 0) is 20.3 Å². The molecule has 0 amide bonds. The molecule has 0 bridgehead atoms. The topological polar surface area (TPSA) is 59.6 Å². The maximum absolute atomic E-state index is 5.34. The van der Waals surface area contributed by atoms with Crippen LogP contribution in [0.3, 0.4) is 0 Å². The minimum absolute atomic E-state index is 0.384. The van der Waals surface area contributed by atoms with E-state index in [9.17, 15) is 0 Å². The van der Waals surface area contributed by atoms with Gasteiger partial charge in [0.1, 0.15) is 11.4 Å². The lowest BCUT2D eigenvalue weighted by Crippen LogP contribution is -2.48. The Kier molecular flexibility index (Phi) is 4.85. The van der Waals surface area contributed by atoms with Crippen molar-refractivity contribution < 1.29 is 4.74 Å². The zero-order chi connectivity index (χ0) is 9.61. The molecule has 0 spiro atoms. The van der Waals surface area contributed by atoms with Crippen LogP contribution in [0.2, 0.25) is 0 Å². The summed E-state index contributed by atoms with van der Waals surface area (Å²) in [6.07, 6.45) is 0.840. The molecule has 0 aromatic carbocycles. The highest BCUT2D eigenvalue weighted by Crippen LogP contribution is 2.14. The van der Waals surface area contributed by atoms with Crippen molar-refractivity contribution in [3.8, 4) is 0 Å². The first-order valence-corrected chi connectivity index (χ1v) is 4.21. The van der Waals surface area contributed by atoms with Crippen LogP contribution in [-0.2, 0) is 4.74 Å². The molecule has 4 nitrogen and oxygen atoms in total. The molecular formula is C8H19N3O. The minimum Gasteiger partial charge on any atom is -0.371 e. The van der Waals surface area contributed by atoms with Crippen LogP contribution in [0.5, 0.6) is 0 Å². The lowest BCUT2D eigenvalue weighted by molar-refractivity contribution is 0.0598. The van der Waals surface area contributed by atoms with Crippen LogP contribution in [-0.4, -0.2) is 25.1 Å². The van der Waals surface area contributed by atoms with Crippen molar-refractivity contribution >= 4 is 5.84 Å². The maximum atomic E-state index is 5.34. The number of hydrogen-bond acceptors (Lipinski definition) is 3. The molecule has 0 saturated heterocycles. The molecule has 0 aromatic heterocycles. The molecule has 0 rings (SSSR count). The fraction of sp³-hybridized carbons (Fsp3) is 0.875. The van der Waals surface area contributed by atoms with E-state index in [2.05, 4.69) is 10.4 Å². The Morgan fingerprint density at radius 1 is 1.58 bits per heavy atom. The summed E-state index contributed by atoms with van der Waals surface area (Å²) in [7, 11) is 1.66. The summed E-state index contributed by atoms with van der Waals surface area (Å²) < 4.78 is 5.32. The second kappa shape index (κ2) is 5.11. The summed E-state index contributed by atoms with van der Waals surface area (Å²) in [5.41, 5.74) is 2.19. The number of hydrogen-bond donors (Lipinski definition) is 2. The van der Waals surface area contributed by atoms with Crippen LogP contribution >= 0.6 is 0 Å². The van der Waals surface area contributed by atoms with Gasteiger partial charge in [0.2, 0.25) is 0 Å². The van der Waals surface area contributed by atoms with Crippen molar-refractivity contribution in [2.24, 2.45) is 10.8 Å². The van der Waals surface area contributed by atoms with E-state index in [0.717, 1.165) is 6.42 Å². The van der Waals surface area contributed by atoms with Gasteiger partial charge in [-0.25, -0.2) is 5.84 Å². The third-order valence-electron chi connectivity index (χ3n) is 2.08. The van der Waals surface area contributed by atoms with E-state index in [0.29, 0.717) is 12.4 Å². The Morgan fingerprint density at radius 3 is 2.42 bits per heavy atom. The van der Waals surface area contributed by atoms with Crippen molar-refractivity contribution in [3.05, 3.63) is 0 Å². The smallest absolute Gasteiger partial charge is 0.143 e. The number of methoxy groups -OCH3 is 1. The van der Waals surface area contributed by atoms with Crippen molar-refractivity contribution in [1.82, 2.24) is 5.43 Å². The van der Waals surface area contributed by atoms with E-state index in [-0.39, 0.29) is 5.60 Å². The SMILES string of the molecule is CCN=C(NN)C(C)(CC)OC. The van der Waals surface area contributed by atoms with Gasteiger partial charge in [-0.3, -0.25) is 4.99 Å². The zero-order valence-corrected chi connectivity index (χ0v) is 8.35. The molecule has 0 aromatic rings. The fourth-order valence-corrected chi connectivity index (χ4v) is 0.932. The number of rotatable bonds is 4. The normalized spacial score (nSPS) is 17.2. The average Bonchev–Trinajstić information content (AvgIpc) is 2.13.